The highest BCUT2D eigenvalue weighted by atomic mass is 79.9. The Bertz CT molecular complexity index is 492. The first kappa shape index (κ1) is 11.3. The summed E-state index contributed by atoms with van der Waals surface area (Å²) in [5, 5.41) is 11.6. The SMILES string of the molecule is CSc1nncc(Nc2cccc(Br)c2)n1. The molecule has 0 bridgehead atoms. The molecule has 0 aliphatic rings. The van der Waals surface area contributed by atoms with Gasteiger partial charge in [0, 0.05) is 10.2 Å². The van der Waals surface area contributed by atoms with Crippen molar-refractivity contribution < 1.29 is 0 Å². The first-order valence-corrected chi connectivity index (χ1v) is 6.56. The highest BCUT2D eigenvalue weighted by molar-refractivity contribution is 9.10. The van der Waals surface area contributed by atoms with Gasteiger partial charge in [0.2, 0.25) is 5.16 Å². The second-order valence-corrected chi connectivity index (χ2v) is 4.65. The Morgan fingerprint density at radius 3 is 3.00 bits per heavy atom. The fourth-order valence-electron chi connectivity index (χ4n) is 1.15. The van der Waals surface area contributed by atoms with Crippen LogP contribution in [0.1, 0.15) is 0 Å². The molecule has 2 rings (SSSR count). The molecule has 0 amide bonds. The van der Waals surface area contributed by atoms with Gasteiger partial charge in [-0.25, -0.2) is 4.98 Å². The molecule has 0 atom stereocenters. The average Bonchev–Trinajstić information content (AvgIpc) is 2.29. The van der Waals surface area contributed by atoms with Crippen LogP contribution in [0.3, 0.4) is 0 Å². The van der Waals surface area contributed by atoms with E-state index in [2.05, 4.69) is 36.4 Å². The monoisotopic (exact) mass is 296 g/mol. The zero-order valence-electron chi connectivity index (χ0n) is 8.51. The summed E-state index contributed by atoms with van der Waals surface area (Å²) in [7, 11) is 0. The molecule has 0 unspecified atom stereocenters. The lowest BCUT2D eigenvalue weighted by Crippen LogP contribution is -1.97. The molecule has 0 radical (unpaired) electrons. The third kappa shape index (κ3) is 2.93. The number of hydrogen-bond donors (Lipinski definition) is 1. The van der Waals surface area contributed by atoms with Gasteiger partial charge < -0.3 is 5.32 Å². The van der Waals surface area contributed by atoms with Crippen LogP contribution in [0.5, 0.6) is 0 Å². The van der Waals surface area contributed by atoms with Crippen molar-refractivity contribution in [2.24, 2.45) is 0 Å². The topological polar surface area (TPSA) is 50.7 Å². The molecule has 1 aromatic heterocycles. The number of thioether (sulfide) groups is 1. The Morgan fingerprint density at radius 2 is 2.25 bits per heavy atom. The summed E-state index contributed by atoms with van der Waals surface area (Å²) in [6.07, 6.45) is 3.51. The van der Waals surface area contributed by atoms with Crippen molar-refractivity contribution >= 4 is 39.2 Å². The highest BCUT2D eigenvalue weighted by Gasteiger charge is 2.00. The van der Waals surface area contributed by atoms with Crippen LogP contribution in [-0.2, 0) is 0 Å². The number of anilines is 2. The molecule has 16 heavy (non-hydrogen) atoms. The van der Waals surface area contributed by atoms with Crippen LogP contribution in [0.2, 0.25) is 0 Å². The van der Waals surface area contributed by atoms with Crippen LogP contribution < -0.4 is 5.32 Å². The fourth-order valence-corrected chi connectivity index (χ4v) is 1.87. The summed E-state index contributed by atoms with van der Waals surface area (Å²) in [5.41, 5.74) is 0.960. The molecule has 4 nitrogen and oxygen atoms in total. The summed E-state index contributed by atoms with van der Waals surface area (Å²) in [6, 6.07) is 7.86. The van der Waals surface area contributed by atoms with E-state index in [9.17, 15) is 0 Å². The van der Waals surface area contributed by atoms with Gasteiger partial charge in [-0.1, -0.05) is 33.8 Å². The van der Waals surface area contributed by atoms with Gasteiger partial charge in [0.05, 0.1) is 6.20 Å². The zero-order chi connectivity index (χ0) is 11.4. The Balaban J connectivity index is 2.20. The van der Waals surface area contributed by atoms with Crippen LogP contribution in [0.15, 0.2) is 40.1 Å². The first-order valence-electron chi connectivity index (χ1n) is 4.54. The molecular formula is C10H9BrN4S. The molecule has 1 heterocycles. The van der Waals surface area contributed by atoms with Gasteiger partial charge >= 0.3 is 0 Å². The summed E-state index contributed by atoms with van der Waals surface area (Å²) in [4.78, 5) is 4.28. The molecule has 0 spiro atoms. The maximum absolute atomic E-state index is 4.28. The Hall–Kier alpha value is -1.14. The molecule has 0 fully saturated rings. The normalized spacial score (nSPS) is 10.1. The number of rotatable bonds is 3. The minimum absolute atomic E-state index is 0.653. The molecule has 6 heteroatoms. The second-order valence-electron chi connectivity index (χ2n) is 2.96. The number of halogens is 1. The van der Waals surface area contributed by atoms with Crippen molar-refractivity contribution in [3.63, 3.8) is 0 Å². The number of hydrogen-bond acceptors (Lipinski definition) is 5. The minimum Gasteiger partial charge on any atom is -0.339 e. The van der Waals surface area contributed by atoms with Gasteiger partial charge in [-0.2, -0.15) is 5.10 Å². The maximum atomic E-state index is 4.28. The molecule has 0 aliphatic heterocycles. The standard InChI is InChI=1S/C10H9BrN4S/c1-16-10-14-9(6-12-15-10)13-8-4-2-3-7(11)5-8/h2-6H,1H3,(H,13,14,15). The predicted octanol–water partition coefficient (Wildman–Crippen LogP) is 3.10. The van der Waals surface area contributed by atoms with Gasteiger partial charge in [-0.15, -0.1) is 5.10 Å². The molecule has 2 aromatic rings. The van der Waals surface area contributed by atoms with Crippen molar-refractivity contribution in [2.45, 2.75) is 5.16 Å². The van der Waals surface area contributed by atoms with E-state index in [4.69, 9.17) is 0 Å². The summed E-state index contributed by atoms with van der Waals surface area (Å²) < 4.78 is 1.02. The molecular weight excluding hydrogens is 288 g/mol. The van der Waals surface area contributed by atoms with Crippen LogP contribution >= 0.6 is 27.7 Å². The van der Waals surface area contributed by atoms with Gasteiger partial charge in [-0.3, -0.25) is 0 Å². The van der Waals surface area contributed by atoms with Crippen molar-refractivity contribution in [3.8, 4) is 0 Å². The lowest BCUT2D eigenvalue weighted by molar-refractivity contribution is 0.846. The van der Waals surface area contributed by atoms with E-state index < -0.39 is 0 Å². The first-order chi connectivity index (χ1) is 7.78. The zero-order valence-corrected chi connectivity index (χ0v) is 10.9. The molecule has 1 N–H and O–H groups in total. The van der Waals surface area contributed by atoms with E-state index in [1.165, 1.54) is 11.8 Å². The predicted molar refractivity (Wildman–Crippen MR) is 69.0 cm³/mol. The average molecular weight is 297 g/mol. The third-order valence-electron chi connectivity index (χ3n) is 1.82. The van der Waals surface area contributed by atoms with Crippen molar-refractivity contribution in [2.75, 3.05) is 11.6 Å². The van der Waals surface area contributed by atoms with Crippen molar-refractivity contribution in [1.82, 2.24) is 15.2 Å². The number of aromatic nitrogens is 3. The fraction of sp³-hybridized carbons (Fsp3) is 0.100. The van der Waals surface area contributed by atoms with E-state index in [0.717, 1.165) is 10.2 Å². The molecule has 0 saturated heterocycles. The quantitative estimate of drug-likeness (QED) is 0.882. The minimum atomic E-state index is 0.653. The largest absolute Gasteiger partial charge is 0.339 e. The second kappa shape index (κ2) is 5.27. The smallest absolute Gasteiger partial charge is 0.210 e. The third-order valence-corrected chi connectivity index (χ3v) is 2.85. The molecule has 0 aliphatic carbocycles. The number of benzene rings is 1. The summed E-state index contributed by atoms with van der Waals surface area (Å²) >= 11 is 4.87. The summed E-state index contributed by atoms with van der Waals surface area (Å²) in [5.74, 6) is 0.692. The van der Waals surface area contributed by atoms with Gasteiger partial charge in [0.1, 0.15) is 0 Å². The van der Waals surface area contributed by atoms with E-state index in [-0.39, 0.29) is 0 Å². The van der Waals surface area contributed by atoms with Gasteiger partial charge in [0.15, 0.2) is 5.82 Å². The Morgan fingerprint density at radius 1 is 1.38 bits per heavy atom. The van der Waals surface area contributed by atoms with Crippen LogP contribution in [0.25, 0.3) is 0 Å². The Labute approximate surface area is 106 Å². The number of nitrogens with zero attached hydrogens (tertiary/aromatic N) is 3. The van der Waals surface area contributed by atoms with Crippen LogP contribution in [0, 0.1) is 0 Å². The van der Waals surface area contributed by atoms with Crippen molar-refractivity contribution in [1.29, 1.82) is 0 Å². The van der Waals surface area contributed by atoms with Crippen LogP contribution in [-0.4, -0.2) is 21.4 Å². The Kier molecular flexibility index (Phi) is 3.74. The van der Waals surface area contributed by atoms with Gasteiger partial charge in [-0.05, 0) is 24.5 Å². The summed E-state index contributed by atoms with van der Waals surface area (Å²) in [6.45, 7) is 0. The van der Waals surface area contributed by atoms with Gasteiger partial charge in [0.25, 0.3) is 0 Å². The van der Waals surface area contributed by atoms with E-state index in [1.54, 1.807) is 6.20 Å². The lowest BCUT2D eigenvalue weighted by Gasteiger charge is -2.05. The lowest BCUT2D eigenvalue weighted by atomic mass is 10.3. The highest BCUT2D eigenvalue weighted by Crippen LogP contribution is 2.19. The molecule has 1 aromatic carbocycles. The van der Waals surface area contributed by atoms with E-state index in [1.807, 2.05) is 30.5 Å². The maximum Gasteiger partial charge on any atom is 0.210 e. The van der Waals surface area contributed by atoms with Crippen molar-refractivity contribution in [3.05, 3.63) is 34.9 Å². The van der Waals surface area contributed by atoms with Crippen LogP contribution in [0.4, 0.5) is 11.5 Å². The molecule has 0 saturated carbocycles. The van der Waals surface area contributed by atoms with E-state index >= 15 is 0 Å². The molecule has 82 valence electrons. The number of nitrogens with one attached hydrogen (secondary N) is 1. The van der Waals surface area contributed by atoms with E-state index in [0.29, 0.717) is 11.0 Å².